The number of nitrogens with zero attached hydrogens (tertiary/aromatic N) is 4. The summed E-state index contributed by atoms with van der Waals surface area (Å²) in [5.74, 6) is 0.0247. The largest absolute Gasteiger partial charge is 0.383 e. The lowest BCUT2D eigenvalue weighted by molar-refractivity contribution is 0.246. The third kappa shape index (κ3) is 4.32. The Hall–Kier alpha value is -3.71. The highest BCUT2D eigenvalue weighted by Gasteiger charge is 2.24. The van der Waals surface area contributed by atoms with Gasteiger partial charge in [-0.25, -0.2) is 13.5 Å². The van der Waals surface area contributed by atoms with Crippen molar-refractivity contribution < 1.29 is 8.78 Å². The molecule has 0 saturated carbocycles. The van der Waals surface area contributed by atoms with Crippen LogP contribution in [0.3, 0.4) is 0 Å². The van der Waals surface area contributed by atoms with Gasteiger partial charge in [-0.1, -0.05) is 42.5 Å². The summed E-state index contributed by atoms with van der Waals surface area (Å²) in [6, 6.07) is 23.0. The summed E-state index contributed by atoms with van der Waals surface area (Å²) < 4.78 is 29.3. The molecule has 7 heteroatoms. The fraction of sp³-hybridized carbons (Fsp3) is 0.192. The van der Waals surface area contributed by atoms with Gasteiger partial charge in [0, 0.05) is 38.3 Å². The van der Waals surface area contributed by atoms with Crippen molar-refractivity contribution in [2.24, 2.45) is 0 Å². The summed E-state index contributed by atoms with van der Waals surface area (Å²) in [4.78, 5) is 4.38. The van der Waals surface area contributed by atoms with Gasteiger partial charge in [-0.15, -0.1) is 0 Å². The fourth-order valence-electron chi connectivity index (χ4n) is 4.35. The molecule has 33 heavy (non-hydrogen) atoms. The molecule has 1 fully saturated rings. The summed E-state index contributed by atoms with van der Waals surface area (Å²) in [5.41, 5.74) is 10.7. The average Bonchev–Trinajstić information content (AvgIpc) is 3.16. The Morgan fingerprint density at radius 2 is 1.45 bits per heavy atom. The SMILES string of the molecule is Nc1c(-c2ccccc2)c(CN2CCN(c3ccccc3F)CC2)nn1-c1ccc(F)cc1. The van der Waals surface area contributed by atoms with E-state index in [1.807, 2.05) is 42.5 Å². The third-order valence-corrected chi connectivity index (χ3v) is 6.07. The molecule has 2 N–H and O–H groups in total. The monoisotopic (exact) mass is 445 g/mol. The number of anilines is 2. The van der Waals surface area contributed by atoms with Crippen LogP contribution in [0.2, 0.25) is 0 Å². The van der Waals surface area contributed by atoms with E-state index in [1.54, 1.807) is 22.9 Å². The molecule has 5 rings (SSSR count). The van der Waals surface area contributed by atoms with Gasteiger partial charge in [-0.2, -0.15) is 5.10 Å². The molecule has 2 heterocycles. The third-order valence-electron chi connectivity index (χ3n) is 6.07. The second-order valence-corrected chi connectivity index (χ2v) is 8.18. The summed E-state index contributed by atoms with van der Waals surface area (Å²) in [6.07, 6.45) is 0. The maximum atomic E-state index is 14.2. The maximum Gasteiger partial charge on any atom is 0.146 e. The van der Waals surface area contributed by atoms with Crippen molar-refractivity contribution in [3.05, 3.63) is 96.2 Å². The number of benzene rings is 3. The van der Waals surface area contributed by atoms with Crippen LogP contribution < -0.4 is 10.6 Å². The first-order valence-corrected chi connectivity index (χ1v) is 11.0. The molecule has 0 aliphatic carbocycles. The zero-order valence-electron chi connectivity index (χ0n) is 18.2. The number of nitrogens with two attached hydrogens (primary N) is 1. The standard InChI is InChI=1S/C26H25F2N5/c27-20-10-12-21(13-11-20)33-26(29)25(19-6-2-1-3-7-19)23(30-33)18-31-14-16-32(17-15-31)24-9-5-4-8-22(24)28/h1-13H,14-18,29H2. The zero-order valence-corrected chi connectivity index (χ0v) is 18.2. The number of hydrogen-bond acceptors (Lipinski definition) is 4. The summed E-state index contributed by atoms with van der Waals surface area (Å²) in [5, 5.41) is 4.83. The molecule has 0 atom stereocenters. The van der Waals surface area contributed by atoms with Crippen molar-refractivity contribution in [2.75, 3.05) is 36.8 Å². The number of halogens is 2. The van der Waals surface area contributed by atoms with E-state index >= 15 is 0 Å². The summed E-state index contributed by atoms with van der Waals surface area (Å²) in [6.45, 7) is 3.65. The Balaban J connectivity index is 1.41. The minimum Gasteiger partial charge on any atom is -0.383 e. The van der Waals surface area contributed by atoms with Crippen molar-refractivity contribution in [3.8, 4) is 16.8 Å². The Morgan fingerprint density at radius 3 is 2.15 bits per heavy atom. The van der Waals surface area contributed by atoms with Crippen molar-refractivity contribution in [2.45, 2.75) is 6.54 Å². The molecule has 0 amide bonds. The topological polar surface area (TPSA) is 50.3 Å². The highest BCUT2D eigenvalue weighted by Crippen LogP contribution is 2.33. The zero-order chi connectivity index (χ0) is 22.8. The number of para-hydroxylation sites is 1. The van der Waals surface area contributed by atoms with E-state index in [0.717, 1.165) is 43.0 Å². The molecular weight excluding hydrogens is 420 g/mol. The smallest absolute Gasteiger partial charge is 0.146 e. The Labute approximate surface area is 191 Å². The predicted octanol–water partition coefficient (Wildman–Crippen LogP) is 4.72. The predicted molar refractivity (Wildman–Crippen MR) is 127 cm³/mol. The van der Waals surface area contributed by atoms with E-state index in [9.17, 15) is 8.78 Å². The van der Waals surface area contributed by atoms with Crippen LogP contribution in [0.5, 0.6) is 0 Å². The highest BCUT2D eigenvalue weighted by molar-refractivity contribution is 5.77. The molecule has 5 nitrogen and oxygen atoms in total. The van der Waals surface area contributed by atoms with Gasteiger partial charge in [0.25, 0.3) is 0 Å². The van der Waals surface area contributed by atoms with Crippen molar-refractivity contribution in [3.63, 3.8) is 0 Å². The van der Waals surface area contributed by atoms with Crippen LogP contribution in [0.25, 0.3) is 16.8 Å². The van der Waals surface area contributed by atoms with Crippen LogP contribution in [0.4, 0.5) is 20.3 Å². The molecule has 1 aromatic heterocycles. The van der Waals surface area contributed by atoms with E-state index in [-0.39, 0.29) is 11.6 Å². The average molecular weight is 446 g/mol. The number of nitrogen functional groups attached to an aromatic ring is 1. The van der Waals surface area contributed by atoms with Gasteiger partial charge < -0.3 is 10.6 Å². The number of aromatic nitrogens is 2. The molecule has 3 aromatic carbocycles. The van der Waals surface area contributed by atoms with Gasteiger partial charge in [-0.05, 0) is 42.0 Å². The van der Waals surface area contributed by atoms with E-state index in [1.165, 1.54) is 18.2 Å². The van der Waals surface area contributed by atoms with Gasteiger partial charge in [-0.3, -0.25) is 4.90 Å². The molecule has 0 bridgehead atoms. The van der Waals surface area contributed by atoms with Crippen LogP contribution in [-0.4, -0.2) is 40.9 Å². The van der Waals surface area contributed by atoms with Crippen LogP contribution in [0, 0.1) is 11.6 Å². The molecule has 1 aliphatic rings. The van der Waals surface area contributed by atoms with Gasteiger partial charge in [0.2, 0.25) is 0 Å². The Bertz CT molecular complexity index is 1230. The lowest BCUT2D eigenvalue weighted by Crippen LogP contribution is -2.46. The number of piperazine rings is 1. The normalized spacial score (nSPS) is 14.5. The highest BCUT2D eigenvalue weighted by atomic mass is 19.1. The van der Waals surface area contributed by atoms with Crippen LogP contribution in [0.1, 0.15) is 5.69 Å². The van der Waals surface area contributed by atoms with Crippen LogP contribution >= 0.6 is 0 Å². The summed E-state index contributed by atoms with van der Waals surface area (Å²) >= 11 is 0. The van der Waals surface area contributed by atoms with E-state index in [2.05, 4.69) is 9.80 Å². The number of hydrogen-bond donors (Lipinski definition) is 1. The molecule has 1 aliphatic heterocycles. The molecule has 0 spiro atoms. The van der Waals surface area contributed by atoms with Gasteiger partial charge in [0.15, 0.2) is 0 Å². The molecule has 0 radical (unpaired) electrons. The lowest BCUT2D eigenvalue weighted by Gasteiger charge is -2.36. The lowest BCUT2D eigenvalue weighted by atomic mass is 10.0. The van der Waals surface area contributed by atoms with Gasteiger partial charge >= 0.3 is 0 Å². The first-order chi connectivity index (χ1) is 16.1. The molecule has 0 unspecified atom stereocenters. The van der Waals surface area contributed by atoms with E-state index < -0.39 is 0 Å². The molecular formula is C26H25F2N5. The molecule has 4 aromatic rings. The Kier molecular flexibility index (Phi) is 5.79. The Morgan fingerprint density at radius 1 is 0.788 bits per heavy atom. The van der Waals surface area contributed by atoms with Crippen molar-refractivity contribution in [1.29, 1.82) is 0 Å². The van der Waals surface area contributed by atoms with Gasteiger partial charge in [0.05, 0.1) is 17.1 Å². The summed E-state index contributed by atoms with van der Waals surface area (Å²) in [7, 11) is 0. The van der Waals surface area contributed by atoms with Crippen LogP contribution in [-0.2, 0) is 6.54 Å². The molecule has 1 saturated heterocycles. The maximum absolute atomic E-state index is 14.2. The number of rotatable bonds is 5. The van der Waals surface area contributed by atoms with E-state index in [0.29, 0.717) is 23.7 Å². The minimum absolute atomic E-state index is 0.192. The van der Waals surface area contributed by atoms with Crippen molar-refractivity contribution in [1.82, 2.24) is 14.7 Å². The first-order valence-electron chi connectivity index (χ1n) is 11.0. The molecule has 168 valence electrons. The van der Waals surface area contributed by atoms with Gasteiger partial charge in [0.1, 0.15) is 17.5 Å². The van der Waals surface area contributed by atoms with E-state index in [4.69, 9.17) is 10.8 Å². The fourth-order valence-corrected chi connectivity index (χ4v) is 4.35. The second-order valence-electron chi connectivity index (χ2n) is 8.18. The quantitative estimate of drug-likeness (QED) is 0.483. The van der Waals surface area contributed by atoms with Crippen molar-refractivity contribution >= 4 is 11.5 Å². The first kappa shape index (κ1) is 21.2. The second kappa shape index (κ2) is 9.03. The minimum atomic E-state index is -0.305. The van der Waals surface area contributed by atoms with Crippen LogP contribution in [0.15, 0.2) is 78.9 Å².